The van der Waals surface area contributed by atoms with Gasteiger partial charge in [0.2, 0.25) is 0 Å². The molecule has 1 aromatic carbocycles. The van der Waals surface area contributed by atoms with E-state index in [-0.39, 0.29) is 22.8 Å². The van der Waals surface area contributed by atoms with Crippen LogP contribution in [0.1, 0.15) is 22.8 Å². The lowest BCUT2D eigenvalue weighted by Crippen LogP contribution is -1.96. The Hall–Kier alpha value is -1.51. The molecule has 0 aliphatic rings. The van der Waals surface area contributed by atoms with Gasteiger partial charge in [-0.25, -0.2) is 0 Å². The quantitative estimate of drug-likeness (QED) is 0.492. The third kappa shape index (κ3) is 1.25. The van der Waals surface area contributed by atoms with E-state index in [1.54, 1.807) is 6.92 Å². The van der Waals surface area contributed by atoms with Crippen LogP contribution in [0.15, 0.2) is 12.1 Å². The molecule has 2 N–H and O–H groups in total. The molecule has 0 heterocycles. The highest BCUT2D eigenvalue weighted by Crippen LogP contribution is 2.27. The van der Waals surface area contributed by atoms with Crippen molar-refractivity contribution in [2.75, 3.05) is 0 Å². The van der Waals surface area contributed by atoms with Gasteiger partial charge in [-0.15, -0.1) is 0 Å². The van der Waals surface area contributed by atoms with E-state index in [1.807, 2.05) is 0 Å². The lowest BCUT2D eigenvalue weighted by Gasteiger charge is -2.05. The van der Waals surface area contributed by atoms with Crippen molar-refractivity contribution in [2.45, 2.75) is 13.8 Å². The van der Waals surface area contributed by atoms with Crippen LogP contribution in [0.3, 0.4) is 0 Å². The third-order valence-electron chi connectivity index (χ3n) is 1.77. The maximum Gasteiger partial charge on any atom is 0.163 e. The maximum atomic E-state index is 11.0. The van der Waals surface area contributed by atoms with E-state index < -0.39 is 0 Å². The molecule has 0 atom stereocenters. The molecule has 12 heavy (non-hydrogen) atoms. The van der Waals surface area contributed by atoms with Crippen molar-refractivity contribution in [3.8, 4) is 11.5 Å². The van der Waals surface area contributed by atoms with Gasteiger partial charge in [0.05, 0.1) is 5.56 Å². The number of Topliss-reactive ketones (excluding diaryl/α,β-unsaturated/α-hetero) is 1. The number of phenols is 2. The molecule has 0 saturated carbocycles. The van der Waals surface area contributed by atoms with Crippen molar-refractivity contribution < 1.29 is 15.0 Å². The molecular formula is C9H10O3. The molecule has 0 aliphatic carbocycles. The molecule has 1 rings (SSSR count). The van der Waals surface area contributed by atoms with Gasteiger partial charge >= 0.3 is 0 Å². The van der Waals surface area contributed by atoms with Gasteiger partial charge in [0, 0.05) is 5.56 Å². The second kappa shape index (κ2) is 2.85. The molecule has 0 spiro atoms. The summed E-state index contributed by atoms with van der Waals surface area (Å²) in [6.45, 7) is 2.94. The summed E-state index contributed by atoms with van der Waals surface area (Å²) in [5.41, 5.74) is 0.609. The Morgan fingerprint density at radius 2 is 1.75 bits per heavy atom. The molecule has 0 aliphatic heterocycles. The molecule has 0 fully saturated rings. The first kappa shape index (κ1) is 8.59. The largest absolute Gasteiger partial charge is 0.508 e. The zero-order chi connectivity index (χ0) is 9.30. The number of benzene rings is 1. The summed E-state index contributed by atoms with van der Waals surface area (Å²) in [6.07, 6.45) is 0. The Morgan fingerprint density at radius 3 is 2.17 bits per heavy atom. The summed E-state index contributed by atoms with van der Waals surface area (Å²) in [5, 5.41) is 18.5. The molecule has 64 valence electrons. The molecule has 0 radical (unpaired) electrons. The molecule has 0 aromatic heterocycles. The van der Waals surface area contributed by atoms with Crippen LogP contribution in [0, 0.1) is 6.92 Å². The van der Waals surface area contributed by atoms with Crippen molar-refractivity contribution >= 4 is 5.78 Å². The summed E-state index contributed by atoms with van der Waals surface area (Å²) < 4.78 is 0. The summed E-state index contributed by atoms with van der Waals surface area (Å²) in [6, 6.07) is 2.66. The van der Waals surface area contributed by atoms with Crippen LogP contribution in [0.2, 0.25) is 0 Å². The smallest absolute Gasteiger partial charge is 0.163 e. The summed E-state index contributed by atoms with van der Waals surface area (Å²) in [5.74, 6) is -0.309. The van der Waals surface area contributed by atoms with Crippen LogP contribution in [0.4, 0.5) is 0 Å². The van der Waals surface area contributed by atoms with E-state index >= 15 is 0 Å². The van der Waals surface area contributed by atoms with Gasteiger partial charge < -0.3 is 10.2 Å². The van der Waals surface area contributed by atoms with E-state index in [0.29, 0.717) is 5.56 Å². The van der Waals surface area contributed by atoms with Gasteiger partial charge in [0.15, 0.2) is 5.78 Å². The maximum absolute atomic E-state index is 11.0. The molecule has 0 amide bonds. The molecule has 3 nitrogen and oxygen atoms in total. The monoisotopic (exact) mass is 166 g/mol. The van der Waals surface area contributed by atoms with Crippen molar-refractivity contribution in [1.29, 1.82) is 0 Å². The van der Waals surface area contributed by atoms with Crippen LogP contribution >= 0.6 is 0 Å². The van der Waals surface area contributed by atoms with Crippen molar-refractivity contribution in [2.24, 2.45) is 0 Å². The average Bonchev–Trinajstić information content (AvgIpc) is 1.97. The highest BCUT2D eigenvalue weighted by Gasteiger charge is 2.12. The Bertz CT molecular complexity index is 329. The number of ketones is 1. The van der Waals surface area contributed by atoms with Crippen molar-refractivity contribution in [3.05, 3.63) is 23.3 Å². The third-order valence-corrected chi connectivity index (χ3v) is 1.77. The van der Waals surface area contributed by atoms with E-state index in [1.165, 1.54) is 19.1 Å². The molecule has 0 saturated heterocycles. The molecule has 1 aromatic rings. The highest BCUT2D eigenvalue weighted by molar-refractivity contribution is 5.98. The molecular weight excluding hydrogens is 156 g/mol. The normalized spacial score (nSPS) is 9.83. The van der Waals surface area contributed by atoms with Crippen LogP contribution in [-0.2, 0) is 0 Å². The fourth-order valence-corrected chi connectivity index (χ4v) is 1.13. The average molecular weight is 166 g/mol. The number of hydrogen-bond donors (Lipinski definition) is 2. The van der Waals surface area contributed by atoms with E-state index in [4.69, 9.17) is 0 Å². The minimum absolute atomic E-state index is 0.0259. The second-order valence-corrected chi connectivity index (χ2v) is 2.66. The number of rotatable bonds is 1. The van der Waals surface area contributed by atoms with Gasteiger partial charge in [-0.1, -0.05) is 0 Å². The predicted octanol–water partition coefficient (Wildman–Crippen LogP) is 1.61. The SMILES string of the molecule is CC(=O)c1c(O)ccc(O)c1C. The van der Waals surface area contributed by atoms with E-state index in [9.17, 15) is 15.0 Å². The molecule has 0 bridgehead atoms. The summed E-state index contributed by atoms with van der Waals surface area (Å²) in [4.78, 5) is 11.0. The Morgan fingerprint density at radius 1 is 1.25 bits per heavy atom. The minimum atomic E-state index is -0.249. The topological polar surface area (TPSA) is 57.5 Å². The first-order valence-corrected chi connectivity index (χ1v) is 3.56. The Balaban J connectivity index is 3.43. The first-order chi connectivity index (χ1) is 5.54. The van der Waals surface area contributed by atoms with E-state index in [0.717, 1.165) is 0 Å². The Kier molecular flexibility index (Phi) is 2.04. The number of carbonyl (C=O) groups excluding carboxylic acids is 1. The Labute approximate surface area is 70.3 Å². The van der Waals surface area contributed by atoms with E-state index in [2.05, 4.69) is 0 Å². The predicted molar refractivity (Wildman–Crippen MR) is 44.5 cm³/mol. The van der Waals surface area contributed by atoms with Crippen LogP contribution < -0.4 is 0 Å². The first-order valence-electron chi connectivity index (χ1n) is 3.56. The molecule has 0 unspecified atom stereocenters. The van der Waals surface area contributed by atoms with Gasteiger partial charge in [0.1, 0.15) is 11.5 Å². The standard InChI is InChI=1S/C9H10O3/c1-5-7(11)3-4-8(12)9(5)6(2)10/h3-4,11-12H,1-2H3. The zero-order valence-electron chi connectivity index (χ0n) is 6.96. The zero-order valence-corrected chi connectivity index (χ0v) is 6.96. The lowest BCUT2D eigenvalue weighted by molar-refractivity contribution is 0.101. The van der Waals surface area contributed by atoms with Gasteiger partial charge in [0.25, 0.3) is 0 Å². The minimum Gasteiger partial charge on any atom is -0.508 e. The fourth-order valence-electron chi connectivity index (χ4n) is 1.13. The number of aromatic hydroxyl groups is 2. The van der Waals surface area contributed by atoms with Gasteiger partial charge in [-0.05, 0) is 26.0 Å². The fraction of sp³-hybridized carbons (Fsp3) is 0.222. The highest BCUT2D eigenvalue weighted by atomic mass is 16.3. The van der Waals surface area contributed by atoms with Gasteiger partial charge in [-0.2, -0.15) is 0 Å². The summed E-state index contributed by atoms with van der Waals surface area (Å²) in [7, 11) is 0. The number of carbonyl (C=O) groups is 1. The molecule has 3 heteroatoms. The summed E-state index contributed by atoms with van der Waals surface area (Å²) >= 11 is 0. The van der Waals surface area contributed by atoms with Crippen LogP contribution in [0.25, 0.3) is 0 Å². The van der Waals surface area contributed by atoms with Gasteiger partial charge in [-0.3, -0.25) is 4.79 Å². The lowest BCUT2D eigenvalue weighted by atomic mass is 10.0. The number of hydrogen-bond acceptors (Lipinski definition) is 3. The van der Waals surface area contributed by atoms with Crippen LogP contribution in [0.5, 0.6) is 11.5 Å². The van der Waals surface area contributed by atoms with Crippen molar-refractivity contribution in [1.82, 2.24) is 0 Å². The van der Waals surface area contributed by atoms with Crippen molar-refractivity contribution in [3.63, 3.8) is 0 Å². The second-order valence-electron chi connectivity index (χ2n) is 2.66. The van der Waals surface area contributed by atoms with Crippen LogP contribution in [-0.4, -0.2) is 16.0 Å². The number of phenolic OH excluding ortho intramolecular Hbond substituents is 2.